The monoisotopic (exact) mass is 398 g/mol. The van der Waals surface area contributed by atoms with Crippen molar-refractivity contribution in [2.75, 3.05) is 6.54 Å². The number of rotatable bonds is 7. The van der Waals surface area contributed by atoms with Gasteiger partial charge in [-0.15, -0.1) is 0 Å². The second-order valence-corrected chi connectivity index (χ2v) is 9.17. The van der Waals surface area contributed by atoms with Crippen LogP contribution >= 0.6 is 0 Å². The third kappa shape index (κ3) is 4.71. The Morgan fingerprint density at radius 1 is 1.00 bits per heavy atom. The summed E-state index contributed by atoms with van der Waals surface area (Å²) in [5.41, 5.74) is 6.47. The minimum Gasteiger partial charge on any atom is -0.366 e. The van der Waals surface area contributed by atoms with E-state index < -0.39 is 5.91 Å². The Morgan fingerprint density at radius 3 is 2.28 bits per heavy atom. The van der Waals surface area contributed by atoms with Crippen LogP contribution in [-0.4, -0.2) is 29.9 Å². The van der Waals surface area contributed by atoms with E-state index in [1.165, 1.54) is 19.3 Å². The first-order valence-electron chi connectivity index (χ1n) is 10.6. The number of nitrogens with one attached hydrogen (secondary N) is 3. The molecule has 0 aliphatic heterocycles. The van der Waals surface area contributed by atoms with E-state index in [0.29, 0.717) is 18.7 Å². The summed E-state index contributed by atoms with van der Waals surface area (Å²) < 4.78 is 0. The van der Waals surface area contributed by atoms with E-state index in [2.05, 4.69) is 16.0 Å². The van der Waals surface area contributed by atoms with Crippen LogP contribution in [0, 0.1) is 17.8 Å². The normalized spacial score (nSPS) is 29.3. The summed E-state index contributed by atoms with van der Waals surface area (Å²) >= 11 is 0. The number of nitrogens with two attached hydrogens (primary N) is 1. The van der Waals surface area contributed by atoms with Gasteiger partial charge in [-0.1, -0.05) is 12.1 Å². The SMILES string of the molecule is NC(=O)c1cccc(CNC(=O)CCNC(=O)NC23CC4CC(CC(C4)C2)C3)c1. The van der Waals surface area contributed by atoms with Crippen LogP contribution in [-0.2, 0) is 11.3 Å². The van der Waals surface area contributed by atoms with Gasteiger partial charge in [-0.2, -0.15) is 0 Å². The maximum absolute atomic E-state index is 12.4. The summed E-state index contributed by atoms with van der Waals surface area (Å²) in [5, 5.41) is 8.89. The molecule has 0 heterocycles. The van der Waals surface area contributed by atoms with Crippen LogP contribution in [0.5, 0.6) is 0 Å². The number of amides is 4. The van der Waals surface area contributed by atoms with Gasteiger partial charge in [0.05, 0.1) is 0 Å². The van der Waals surface area contributed by atoms with Crippen molar-refractivity contribution < 1.29 is 14.4 Å². The molecule has 0 spiro atoms. The first kappa shape index (κ1) is 19.7. The van der Waals surface area contributed by atoms with E-state index in [-0.39, 0.29) is 23.9 Å². The van der Waals surface area contributed by atoms with Gasteiger partial charge >= 0.3 is 6.03 Å². The summed E-state index contributed by atoms with van der Waals surface area (Å²) in [4.78, 5) is 35.7. The summed E-state index contributed by atoms with van der Waals surface area (Å²) in [7, 11) is 0. The molecule has 5 rings (SSSR count). The average Bonchev–Trinajstić information content (AvgIpc) is 2.65. The Morgan fingerprint density at radius 2 is 1.66 bits per heavy atom. The van der Waals surface area contributed by atoms with Gasteiger partial charge in [0.15, 0.2) is 0 Å². The highest BCUT2D eigenvalue weighted by Gasteiger charge is 2.51. The molecule has 0 unspecified atom stereocenters. The van der Waals surface area contributed by atoms with E-state index in [1.807, 2.05) is 6.07 Å². The van der Waals surface area contributed by atoms with Crippen molar-refractivity contribution in [2.24, 2.45) is 23.5 Å². The lowest BCUT2D eigenvalue weighted by Gasteiger charge is -2.56. The van der Waals surface area contributed by atoms with Crippen LogP contribution in [0.1, 0.15) is 60.9 Å². The fourth-order valence-electron chi connectivity index (χ4n) is 5.96. The predicted octanol–water partition coefficient (Wildman–Crippen LogP) is 2.06. The number of primary amides is 1. The molecule has 4 amide bonds. The van der Waals surface area contributed by atoms with Gasteiger partial charge < -0.3 is 21.7 Å². The highest BCUT2D eigenvalue weighted by Crippen LogP contribution is 2.55. The van der Waals surface area contributed by atoms with Gasteiger partial charge in [0.25, 0.3) is 0 Å². The number of carbonyl (C=O) groups is 3. The third-order valence-corrected chi connectivity index (χ3v) is 6.76. The molecule has 156 valence electrons. The molecule has 1 aromatic rings. The Bertz CT molecular complexity index is 772. The van der Waals surface area contributed by atoms with Crippen molar-refractivity contribution in [3.8, 4) is 0 Å². The van der Waals surface area contributed by atoms with Gasteiger partial charge in [-0.25, -0.2) is 4.79 Å². The summed E-state index contributed by atoms with van der Waals surface area (Å²) in [6, 6.07) is 6.70. The Balaban J connectivity index is 1.17. The molecule has 4 fully saturated rings. The van der Waals surface area contributed by atoms with Crippen molar-refractivity contribution in [1.82, 2.24) is 16.0 Å². The molecule has 7 nitrogen and oxygen atoms in total. The molecule has 0 aromatic heterocycles. The zero-order valence-electron chi connectivity index (χ0n) is 16.7. The molecule has 0 saturated heterocycles. The van der Waals surface area contributed by atoms with E-state index in [1.54, 1.807) is 18.2 Å². The Kier molecular flexibility index (Phi) is 5.48. The third-order valence-electron chi connectivity index (χ3n) is 6.76. The molecule has 4 bridgehead atoms. The molecular formula is C22H30N4O3. The number of hydrogen-bond acceptors (Lipinski definition) is 3. The van der Waals surface area contributed by atoms with Crippen LogP contribution in [0.3, 0.4) is 0 Å². The molecule has 1 aromatic carbocycles. The van der Waals surface area contributed by atoms with E-state index >= 15 is 0 Å². The highest BCUT2D eigenvalue weighted by atomic mass is 16.2. The largest absolute Gasteiger partial charge is 0.366 e. The fraction of sp³-hybridized carbons (Fsp3) is 0.591. The quantitative estimate of drug-likeness (QED) is 0.564. The Labute approximate surface area is 171 Å². The zero-order valence-corrected chi connectivity index (χ0v) is 16.7. The van der Waals surface area contributed by atoms with E-state index in [0.717, 1.165) is 42.6 Å². The van der Waals surface area contributed by atoms with Crippen molar-refractivity contribution in [3.05, 3.63) is 35.4 Å². The molecular weight excluding hydrogens is 368 g/mol. The predicted molar refractivity (Wildman–Crippen MR) is 109 cm³/mol. The maximum atomic E-state index is 12.4. The minimum absolute atomic E-state index is 0.0213. The fourth-order valence-corrected chi connectivity index (χ4v) is 5.96. The lowest BCUT2D eigenvalue weighted by molar-refractivity contribution is -0.121. The van der Waals surface area contributed by atoms with Crippen molar-refractivity contribution >= 4 is 17.8 Å². The number of benzene rings is 1. The van der Waals surface area contributed by atoms with E-state index in [9.17, 15) is 14.4 Å². The standard InChI is InChI=1S/C22H30N4O3/c23-20(28)18-3-1-2-14(9-18)13-25-19(27)4-5-24-21(29)26-22-10-15-6-16(11-22)8-17(7-15)12-22/h1-3,9,15-17H,4-8,10-13H2,(H2,23,28)(H,25,27)(H2,24,26,29). The molecule has 4 aliphatic rings. The van der Waals surface area contributed by atoms with Gasteiger partial charge in [0.1, 0.15) is 0 Å². The van der Waals surface area contributed by atoms with Crippen molar-refractivity contribution in [1.29, 1.82) is 0 Å². The summed E-state index contributed by atoms with van der Waals surface area (Å²) in [6.45, 7) is 0.616. The van der Waals surface area contributed by atoms with Crippen LogP contribution in [0.4, 0.5) is 4.79 Å². The van der Waals surface area contributed by atoms with Crippen molar-refractivity contribution in [3.63, 3.8) is 0 Å². The maximum Gasteiger partial charge on any atom is 0.315 e. The zero-order chi connectivity index (χ0) is 20.4. The number of hydrogen-bond donors (Lipinski definition) is 4. The highest BCUT2D eigenvalue weighted by molar-refractivity contribution is 5.92. The Hall–Kier alpha value is -2.57. The molecule has 4 aliphatic carbocycles. The molecule has 29 heavy (non-hydrogen) atoms. The topological polar surface area (TPSA) is 113 Å². The molecule has 4 saturated carbocycles. The van der Waals surface area contributed by atoms with E-state index in [4.69, 9.17) is 5.73 Å². The molecule has 5 N–H and O–H groups in total. The van der Waals surface area contributed by atoms with Gasteiger partial charge in [0, 0.05) is 30.6 Å². The van der Waals surface area contributed by atoms with Gasteiger partial charge in [-0.3, -0.25) is 9.59 Å². The number of carbonyl (C=O) groups excluding carboxylic acids is 3. The smallest absolute Gasteiger partial charge is 0.315 e. The lowest BCUT2D eigenvalue weighted by atomic mass is 9.53. The molecule has 0 radical (unpaired) electrons. The second kappa shape index (κ2) is 8.05. The van der Waals surface area contributed by atoms with Crippen LogP contribution in [0.2, 0.25) is 0 Å². The number of urea groups is 1. The summed E-state index contributed by atoms with van der Waals surface area (Å²) in [6.07, 6.45) is 7.55. The van der Waals surface area contributed by atoms with Crippen LogP contribution < -0.4 is 21.7 Å². The first-order valence-corrected chi connectivity index (χ1v) is 10.6. The summed E-state index contributed by atoms with van der Waals surface area (Å²) in [5.74, 6) is 1.69. The first-order chi connectivity index (χ1) is 13.9. The second-order valence-electron chi connectivity index (χ2n) is 9.17. The average molecular weight is 399 g/mol. The minimum atomic E-state index is -0.493. The van der Waals surface area contributed by atoms with Gasteiger partial charge in [-0.05, 0) is 74.0 Å². The lowest BCUT2D eigenvalue weighted by Crippen LogP contribution is -2.61. The van der Waals surface area contributed by atoms with Crippen LogP contribution in [0.15, 0.2) is 24.3 Å². The van der Waals surface area contributed by atoms with Crippen molar-refractivity contribution in [2.45, 2.75) is 57.0 Å². The van der Waals surface area contributed by atoms with Crippen LogP contribution in [0.25, 0.3) is 0 Å². The van der Waals surface area contributed by atoms with Gasteiger partial charge in [0.2, 0.25) is 11.8 Å². The molecule has 0 atom stereocenters. The molecule has 7 heteroatoms.